The van der Waals surface area contributed by atoms with Crippen LogP contribution in [0.4, 0.5) is 0 Å². The van der Waals surface area contributed by atoms with Crippen molar-refractivity contribution in [3.8, 4) is 5.75 Å². The van der Waals surface area contributed by atoms with E-state index in [2.05, 4.69) is 0 Å². The van der Waals surface area contributed by atoms with Gasteiger partial charge in [0.1, 0.15) is 17.4 Å². The van der Waals surface area contributed by atoms with Gasteiger partial charge >= 0.3 is 5.63 Å². The van der Waals surface area contributed by atoms with Crippen LogP contribution in [0.3, 0.4) is 0 Å². The number of hydrogen-bond donors (Lipinski definition) is 0. The normalized spacial score (nSPS) is 15.0. The Balaban J connectivity index is 1.70. The molecule has 2 aromatic carbocycles. The van der Waals surface area contributed by atoms with Crippen LogP contribution in [0.5, 0.6) is 5.75 Å². The molecule has 3 aromatic rings. The lowest BCUT2D eigenvalue weighted by atomic mass is 9.91. The molecular formula is C21H20O3. The first-order valence-corrected chi connectivity index (χ1v) is 8.52. The molecule has 0 spiro atoms. The molecule has 0 radical (unpaired) electrons. The Morgan fingerprint density at radius 3 is 2.54 bits per heavy atom. The molecule has 0 saturated carbocycles. The van der Waals surface area contributed by atoms with Crippen molar-refractivity contribution in [2.75, 3.05) is 0 Å². The monoisotopic (exact) mass is 320 g/mol. The topological polar surface area (TPSA) is 39.4 Å². The van der Waals surface area contributed by atoms with Gasteiger partial charge in [0.2, 0.25) is 0 Å². The van der Waals surface area contributed by atoms with E-state index < -0.39 is 0 Å². The number of rotatable bonds is 3. The van der Waals surface area contributed by atoms with Gasteiger partial charge in [0.15, 0.2) is 0 Å². The zero-order valence-electron chi connectivity index (χ0n) is 13.7. The summed E-state index contributed by atoms with van der Waals surface area (Å²) in [6, 6.07) is 15.9. The van der Waals surface area contributed by atoms with Crippen molar-refractivity contribution in [3.05, 3.63) is 75.6 Å². The van der Waals surface area contributed by atoms with E-state index in [0.29, 0.717) is 5.58 Å². The summed E-state index contributed by atoms with van der Waals surface area (Å²) in [5.74, 6) is 0.720. The van der Waals surface area contributed by atoms with E-state index >= 15 is 0 Å². The van der Waals surface area contributed by atoms with Crippen LogP contribution in [-0.4, -0.2) is 0 Å². The second kappa shape index (κ2) is 6.16. The number of fused-ring (bicyclic) bond motifs is 3. The molecule has 24 heavy (non-hydrogen) atoms. The summed E-state index contributed by atoms with van der Waals surface area (Å²) in [6.45, 7) is 2.02. The highest BCUT2D eigenvalue weighted by atomic mass is 16.5. The van der Waals surface area contributed by atoms with Crippen LogP contribution in [0, 0.1) is 0 Å². The van der Waals surface area contributed by atoms with Crippen LogP contribution in [0.1, 0.15) is 42.6 Å². The lowest BCUT2D eigenvalue weighted by molar-refractivity contribution is 0.227. The molecule has 1 aliphatic rings. The molecule has 0 unspecified atom stereocenters. The van der Waals surface area contributed by atoms with E-state index in [4.69, 9.17) is 9.15 Å². The molecule has 4 rings (SSSR count). The first-order chi connectivity index (χ1) is 11.7. The van der Waals surface area contributed by atoms with Crippen molar-refractivity contribution >= 4 is 11.0 Å². The Morgan fingerprint density at radius 2 is 1.75 bits per heavy atom. The van der Waals surface area contributed by atoms with Gasteiger partial charge in [0, 0.05) is 17.0 Å². The van der Waals surface area contributed by atoms with Crippen LogP contribution in [0.25, 0.3) is 11.0 Å². The Morgan fingerprint density at radius 1 is 1.00 bits per heavy atom. The molecule has 0 fully saturated rings. The second-order valence-electron chi connectivity index (χ2n) is 6.38. The van der Waals surface area contributed by atoms with Crippen molar-refractivity contribution in [2.45, 2.75) is 38.7 Å². The summed E-state index contributed by atoms with van der Waals surface area (Å²) in [5, 5.41) is 1.05. The Hall–Kier alpha value is -2.55. The molecule has 1 aliphatic carbocycles. The minimum atomic E-state index is -0.189. The van der Waals surface area contributed by atoms with Crippen LogP contribution >= 0.6 is 0 Å². The largest absolute Gasteiger partial charge is 0.486 e. The summed E-state index contributed by atoms with van der Waals surface area (Å²) in [5.41, 5.74) is 3.57. The van der Waals surface area contributed by atoms with Gasteiger partial charge in [-0.05, 0) is 55.9 Å². The van der Waals surface area contributed by atoms with Crippen LogP contribution in [-0.2, 0) is 12.8 Å². The smallest absolute Gasteiger partial charge is 0.339 e. The van der Waals surface area contributed by atoms with E-state index in [9.17, 15) is 4.79 Å². The van der Waals surface area contributed by atoms with Crippen LogP contribution in [0.15, 0.2) is 57.7 Å². The lowest BCUT2D eigenvalue weighted by Crippen LogP contribution is -2.15. The quantitative estimate of drug-likeness (QED) is 0.650. The minimum absolute atomic E-state index is 0.0620. The molecule has 0 saturated heterocycles. The van der Waals surface area contributed by atoms with E-state index in [0.717, 1.165) is 53.5 Å². The third kappa shape index (κ3) is 2.71. The van der Waals surface area contributed by atoms with Gasteiger partial charge < -0.3 is 9.15 Å². The van der Waals surface area contributed by atoms with Crippen LogP contribution < -0.4 is 10.4 Å². The van der Waals surface area contributed by atoms with Gasteiger partial charge in [0.05, 0.1) is 0 Å². The van der Waals surface area contributed by atoms with E-state index in [1.165, 1.54) is 0 Å². The molecule has 122 valence electrons. The summed E-state index contributed by atoms with van der Waals surface area (Å²) in [7, 11) is 0. The van der Waals surface area contributed by atoms with Gasteiger partial charge in [-0.3, -0.25) is 0 Å². The van der Waals surface area contributed by atoms with Crippen molar-refractivity contribution in [3.63, 3.8) is 0 Å². The third-order valence-electron chi connectivity index (χ3n) is 4.78. The zero-order chi connectivity index (χ0) is 16.5. The van der Waals surface area contributed by atoms with Crippen molar-refractivity contribution in [1.29, 1.82) is 0 Å². The van der Waals surface area contributed by atoms with Gasteiger partial charge in [-0.25, -0.2) is 4.79 Å². The molecule has 1 atom stereocenters. The fourth-order valence-corrected chi connectivity index (χ4v) is 3.50. The van der Waals surface area contributed by atoms with Crippen molar-refractivity contribution in [1.82, 2.24) is 0 Å². The van der Waals surface area contributed by atoms with Gasteiger partial charge in [0.25, 0.3) is 0 Å². The van der Waals surface area contributed by atoms with Crippen LogP contribution in [0.2, 0.25) is 0 Å². The standard InChI is InChI=1S/C21H20O3/c1-14(15-7-3-2-4-8-15)23-16-11-12-18-17-9-5-6-10-19(17)21(22)24-20(18)13-16/h2-4,7-8,11-14H,5-6,9-10H2,1H3/t14-/m1/s1. The molecule has 0 N–H and O–H groups in total. The summed E-state index contributed by atoms with van der Waals surface area (Å²) in [4.78, 5) is 12.2. The lowest BCUT2D eigenvalue weighted by Gasteiger charge is -2.18. The second-order valence-corrected chi connectivity index (χ2v) is 6.38. The van der Waals surface area contributed by atoms with Crippen molar-refractivity contribution < 1.29 is 9.15 Å². The molecule has 3 heteroatoms. The summed E-state index contributed by atoms with van der Waals surface area (Å²) in [6.07, 6.45) is 3.93. The predicted octanol–water partition coefficient (Wildman–Crippen LogP) is 4.81. The van der Waals surface area contributed by atoms with E-state index in [1.807, 2.05) is 55.5 Å². The first-order valence-electron chi connectivity index (χ1n) is 8.52. The number of ether oxygens (including phenoxy) is 1. The Kier molecular flexibility index (Phi) is 3.85. The minimum Gasteiger partial charge on any atom is -0.486 e. The van der Waals surface area contributed by atoms with Gasteiger partial charge in [-0.1, -0.05) is 30.3 Å². The molecular weight excluding hydrogens is 300 g/mol. The third-order valence-corrected chi connectivity index (χ3v) is 4.78. The maximum absolute atomic E-state index is 12.2. The highest BCUT2D eigenvalue weighted by molar-refractivity contribution is 5.82. The molecule has 1 aromatic heterocycles. The number of aryl methyl sites for hydroxylation is 1. The Bertz CT molecular complexity index is 925. The predicted molar refractivity (Wildman–Crippen MR) is 94.6 cm³/mol. The Labute approximate surface area is 140 Å². The maximum Gasteiger partial charge on any atom is 0.339 e. The molecule has 0 amide bonds. The van der Waals surface area contributed by atoms with E-state index in [-0.39, 0.29) is 11.7 Å². The fraction of sp³-hybridized carbons (Fsp3) is 0.286. The van der Waals surface area contributed by atoms with Gasteiger partial charge in [-0.2, -0.15) is 0 Å². The molecule has 1 heterocycles. The number of benzene rings is 2. The highest BCUT2D eigenvalue weighted by Crippen LogP contribution is 2.30. The maximum atomic E-state index is 12.2. The van der Waals surface area contributed by atoms with Crippen molar-refractivity contribution in [2.24, 2.45) is 0 Å². The highest BCUT2D eigenvalue weighted by Gasteiger charge is 2.18. The summed E-state index contributed by atoms with van der Waals surface area (Å²) >= 11 is 0. The number of hydrogen-bond acceptors (Lipinski definition) is 3. The average Bonchev–Trinajstić information content (AvgIpc) is 2.62. The first kappa shape index (κ1) is 15.0. The molecule has 0 aliphatic heterocycles. The fourth-order valence-electron chi connectivity index (χ4n) is 3.50. The molecule has 3 nitrogen and oxygen atoms in total. The summed E-state index contributed by atoms with van der Waals surface area (Å²) < 4.78 is 11.6. The average molecular weight is 320 g/mol. The zero-order valence-corrected chi connectivity index (χ0v) is 13.7. The van der Waals surface area contributed by atoms with Gasteiger partial charge in [-0.15, -0.1) is 0 Å². The van der Waals surface area contributed by atoms with E-state index in [1.54, 1.807) is 0 Å². The SMILES string of the molecule is C[C@@H](Oc1ccc2c3c(c(=O)oc2c1)CCCC3)c1ccccc1. The molecule has 0 bridgehead atoms.